The number of nitrogen functional groups attached to an aromatic ring is 1. The van der Waals surface area contributed by atoms with E-state index in [-0.39, 0.29) is 17.1 Å². The van der Waals surface area contributed by atoms with E-state index in [1.54, 1.807) is 12.1 Å². The fraction of sp³-hybridized carbons (Fsp3) is 0.200. The maximum Gasteiger partial charge on any atom is 0.181 e. The lowest BCUT2D eigenvalue weighted by Gasteiger charge is -2.01. The minimum absolute atomic E-state index is 0.00873. The quantitative estimate of drug-likeness (QED) is 0.910. The van der Waals surface area contributed by atoms with Gasteiger partial charge in [-0.25, -0.2) is 13.4 Å². The zero-order valence-corrected chi connectivity index (χ0v) is 10.4. The Balaban J connectivity index is 2.46. The predicted octanol–water partition coefficient (Wildman–Crippen LogP) is 1.57. The fourth-order valence-corrected chi connectivity index (χ4v) is 3.43. The molecule has 1 aromatic carbocycles. The summed E-state index contributed by atoms with van der Waals surface area (Å²) in [4.78, 5) is 4.26. The molecule has 2 N–H and O–H groups in total. The van der Waals surface area contributed by atoms with Crippen LogP contribution in [0.25, 0.3) is 10.2 Å². The average molecular weight is 267 g/mol. The zero-order valence-electron chi connectivity index (χ0n) is 8.75. The third-order valence-electron chi connectivity index (χ3n) is 2.22. The van der Waals surface area contributed by atoms with Gasteiger partial charge in [-0.1, -0.05) is 11.3 Å². The molecule has 0 amide bonds. The number of rotatable bonds is 3. The number of nitrogens with two attached hydrogens (primary N) is 1. The molecule has 1 aromatic heterocycles. The highest BCUT2D eigenvalue weighted by molar-refractivity contribution is 7.91. The molecular formula is C10H9N3O2S2. The molecule has 0 saturated carbocycles. The van der Waals surface area contributed by atoms with Gasteiger partial charge in [-0.15, -0.1) is 0 Å². The Labute approximate surface area is 102 Å². The number of hydrogen-bond acceptors (Lipinski definition) is 6. The lowest BCUT2D eigenvalue weighted by Crippen LogP contribution is -2.05. The molecule has 0 spiro atoms. The molecule has 0 radical (unpaired) electrons. The van der Waals surface area contributed by atoms with Gasteiger partial charge in [0, 0.05) is 6.42 Å². The third-order valence-corrected chi connectivity index (χ3v) is 4.78. The Kier molecular flexibility index (Phi) is 3.00. The van der Waals surface area contributed by atoms with E-state index in [2.05, 4.69) is 4.98 Å². The first-order chi connectivity index (χ1) is 8.03. The first-order valence-corrected chi connectivity index (χ1v) is 7.25. The average Bonchev–Trinajstić information content (AvgIpc) is 2.65. The van der Waals surface area contributed by atoms with E-state index in [0.717, 1.165) is 4.70 Å². The number of nitrogens with zero attached hydrogens (tertiary/aromatic N) is 2. The molecule has 0 aliphatic rings. The molecule has 7 heteroatoms. The number of nitriles is 1. The number of thiazole rings is 1. The molecule has 5 nitrogen and oxygen atoms in total. The van der Waals surface area contributed by atoms with Crippen LogP contribution in [0.2, 0.25) is 0 Å². The van der Waals surface area contributed by atoms with Crippen molar-refractivity contribution in [3.05, 3.63) is 18.2 Å². The lowest BCUT2D eigenvalue weighted by molar-refractivity contribution is 0.596. The van der Waals surface area contributed by atoms with Gasteiger partial charge in [-0.05, 0) is 18.2 Å². The molecule has 1 heterocycles. The highest BCUT2D eigenvalue weighted by atomic mass is 32.2. The van der Waals surface area contributed by atoms with Crippen LogP contribution in [0, 0.1) is 11.3 Å². The summed E-state index contributed by atoms with van der Waals surface area (Å²) in [5, 5.41) is 8.82. The fourth-order valence-electron chi connectivity index (χ4n) is 1.41. The van der Waals surface area contributed by atoms with Gasteiger partial charge in [-0.2, -0.15) is 5.26 Å². The molecule has 2 rings (SSSR count). The van der Waals surface area contributed by atoms with Gasteiger partial charge in [0.25, 0.3) is 0 Å². The van der Waals surface area contributed by atoms with Crippen LogP contribution in [0.1, 0.15) is 6.42 Å². The van der Waals surface area contributed by atoms with Crippen molar-refractivity contribution >= 4 is 36.5 Å². The minimum Gasteiger partial charge on any atom is -0.375 e. The maximum absolute atomic E-state index is 11.8. The second kappa shape index (κ2) is 4.31. The van der Waals surface area contributed by atoms with E-state index in [0.29, 0.717) is 10.6 Å². The van der Waals surface area contributed by atoms with E-state index in [9.17, 15) is 8.42 Å². The molecular weight excluding hydrogens is 258 g/mol. The molecule has 0 atom stereocenters. The van der Waals surface area contributed by atoms with Crippen LogP contribution in [0.5, 0.6) is 0 Å². The number of sulfone groups is 1. The van der Waals surface area contributed by atoms with Crippen molar-refractivity contribution in [3.63, 3.8) is 0 Å². The SMILES string of the molecule is N#CCCS(=O)(=O)c1ccc2nc(N)sc2c1. The van der Waals surface area contributed by atoms with Gasteiger partial charge >= 0.3 is 0 Å². The van der Waals surface area contributed by atoms with Gasteiger partial charge < -0.3 is 5.73 Å². The van der Waals surface area contributed by atoms with E-state index in [4.69, 9.17) is 11.0 Å². The lowest BCUT2D eigenvalue weighted by atomic mass is 10.3. The summed E-state index contributed by atoms with van der Waals surface area (Å²) in [6, 6.07) is 6.50. The summed E-state index contributed by atoms with van der Waals surface area (Å²) in [6.07, 6.45) is -0.00873. The van der Waals surface area contributed by atoms with Gasteiger partial charge in [0.05, 0.1) is 26.9 Å². The van der Waals surface area contributed by atoms with Crippen LogP contribution >= 0.6 is 11.3 Å². The normalized spacial score (nSPS) is 11.5. The standard InChI is InChI=1S/C10H9N3O2S2/c11-4-1-5-17(14,15)7-2-3-8-9(6-7)16-10(12)13-8/h2-3,6H,1,5H2,(H2,12,13). The van der Waals surface area contributed by atoms with E-state index in [1.165, 1.54) is 17.4 Å². The molecule has 2 aromatic rings. The van der Waals surface area contributed by atoms with Gasteiger partial charge in [-0.3, -0.25) is 0 Å². The van der Waals surface area contributed by atoms with Gasteiger partial charge in [0.2, 0.25) is 0 Å². The van der Waals surface area contributed by atoms with Crippen LogP contribution in [0.15, 0.2) is 23.1 Å². The molecule has 0 aliphatic carbocycles. The summed E-state index contributed by atoms with van der Waals surface area (Å²) in [6.45, 7) is 0. The topological polar surface area (TPSA) is 96.8 Å². The largest absolute Gasteiger partial charge is 0.375 e. The molecule has 0 fully saturated rings. The second-order valence-corrected chi connectivity index (χ2v) is 6.58. The maximum atomic E-state index is 11.8. The number of benzene rings is 1. The van der Waals surface area contributed by atoms with Gasteiger partial charge in [0.15, 0.2) is 15.0 Å². The summed E-state index contributed by atoms with van der Waals surface area (Å²) in [5.41, 5.74) is 6.23. The van der Waals surface area contributed by atoms with E-state index < -0.39 is 9.84 Å². The molecule has 17 heavy (non-hydrogen) atoms. The summed E-state index contributed by atoms with van der Waals surface area (Å²) in [5.74, 6) is -0.163. The van der Waals surface area contributed by atoms with Crippen LogP contribution < -0.4 is 5.73 Å². The van der Waals surface area contributed by atoms with Crippen molar-refractivity contribution in [2.75, 3.05) is 11.5 Å². The van der Waals surface area contributed by atoms with E-state index >= 15 is 0 Å². The van der Waals surface area contributed by atoms with Crippen LogP contribution in [0.4, 0.5) is 5.13 Å². The Morgan fingerprint density at radius 3 is 2.94 bits per heavy atom. The predicted molar refractivity (Wildman–Crippen MR) is 66.3 cm³/mol. The number of hydrogen-bond donors (Lipinski definition) is 1. The number of aromatic nitrogens is 1. The summed E-state index contributed by atoms with van der Waals surface area (Å²) < 4.78 is 24.4. The first kappa shape index (κ1) is 11.8. The Hall–Kier alpha value is -1.65. The van der Waals surface area contributed by atoms with Crippen molar-refractivity contribution in [2.24, 2.45) is 0 Å². The number of anilines is 1. The van der Waals surface area contributed by atoms with Crippen molar-refractivity contribution in [1.82, 2.24) is 4.98 Å². The first-order valence-electron chi connectivity index (χ1n) is 4.79. The van der Waals surface area contributed by atoms with Crippen LogP contribution in [-0.4, -0.2) is 19.2 Å². The monoisotopic (exact) mass is 267 g/mol. The minimum atomic E-state index is -3.39. The summed E-state index contributed by atoms with van der Waals surface area (Å²) >= 11 is 1.24. The van der Waals surface area contributed by atoms with Crippen molar-refractivity contribution < 1.29 is 8.42 Å². The van der Waals surface area contributed by atoms with Crippen LogP contribution in [-0.2, 0) is 9.84 Å². The molecule has 0 saturated heterocycles. The molecule has 0 unspecified atom stereocenters. The third kappa shape index (κ3) is 2.38. The second-order valence-electron chi connectivity index (χ2n) is 3.41. The molecule has 88 valence electrons. The van der Waals surface area contributed by atoms with Gasteiger partial charge in [0.1, 0.15) is 0 Å². The Morgan fingerprint density at radius 2 is 2.24 bits per heavy atom. The smallest absolute Gasteiger partial charge is 0.181 e. The van der Waals surface area contributed by atoms with E-state index in [1.807, 2.05) is 6.07 Å². The molecule has 0 bridgehead atoms. The summed E-state index contributed by atoms with van der Waals surface area (Å²) in [7, 11) is -3.39. The van der Waals surface area contributed by atoms with Crippen molar-refractivity contribution in [1.29, 1.82) is 5.26 Å². The highest BCUT2D eigenvalue weighted by Crippen LogP contribution is 2.26. The van der Waals surface area contributed by atoms with Crippen molar-refractivity contribution in [2.45, 2.75) is 11.3 Å². The highest BCUT2D eigenvalue weighted by Gasteiger charge is 2.15. The Morgan fingerprint density at radius 1 is 1.47 bits per heavy atom. The van der Waals surface area contributed by atoms with Crippen LogP contribution in [0.3, 0.4) is 0 Å². The molecule has 0 aliphatic heterocycles. The van der Waals surface area contributed by atoms with Crippen molar-refractivity contribution in [3.8, 4) is 6.07 Å². The zero-order chi connectivity index (χ0) is 12.5. The Bertz CT molecular complexity index is 698. The number of fused-ring (bicyclic) bond motifs is 1.